The zero-order valence-electron chi connectivity index (χ0n) is 6.70. The van der Waals surface area contributed by atoms with E-state index in [9.17, 15) is 0 Å². The van der Waals surface area contributed by atoms with Crippen LogP contribution in [0.25, 0.3) is 5.32 Å². The summed E-state index contributed by atoms with van der Waals surface area (Å²) in [6.45, 7) is 6.41. The molecule has 0 saturated carbocycles. The van der Waals surface area contributed by atoms with Crippen molar-refractivity contribution in [3.05, 3.63) is 17.6 Å². The summed E-state index contributed by atoms with van der Waals surface area (Å²) < 4.78 is 3.69. The second-order valence-corrected chi connectivity index (χ2v) is 3.35. The summed E-state index contributed by atoms with van der Waals surface area (Å²) in [7, 11) is 1.98. The van der Waals surface area contributed by atoms with Crippen molar-refractivity contribution >= 4 is 9.08 Å². The second kappa shape index (κ2) is 5.98. The molecule has 0 aliphatic carbocycles. The molecule has 0 bridgehead atoms. The van der Waals surface area contributed by atoms with Gasteiger partial charge in [-0.1, -0.05) is 0 Å². The summed E-state index contributed by atoms with van der Waals surface area (Å²) in [5.41, 5.74) is 1.02. The molecule has 4 heteroatoms. The minimum absolute atomic E-state index is 0.767. The van der Waals surface area contributed by atoms with Gasteiger partial charge in [0.15, 0.2) is 0 Å². The van der Waals surface area contributed by atoms with E-state index in [1.165, 1.54) is 0 Å². The minimum atomic E-state index is 0.767. The van der Waals surface area contributed by atoms with Gasteiger partial charge in [-0.15, -0.1) is 0 Å². The Morgan fingerprint density at radius 2 is 2.18 bits per heavy atom. The van der Waals surface area contributed by atoms with Crippen molar-refractivity contribution in [2.75, 3.05) is 13.7 Å². The molecule has 1 rings (SSSR count). The standard InChI is InChI=1S/C5H7N2.C2H3.2V/c1-5-3-6-4-7(5)2;1-2;;/h1,4H2,2H3;1H3;;/q2*-1;;. The summed E-state index contributed by atoms with van der Waals surface area (Å²) in [4.78, 5) is 2.01. The summed E-state index contributed by atoms with van der Waals surface area (Å²) in [5.74, 6) is 0. The Kier molecular flexibility index (Phi) is 6.21. The van der Waals surface area contributed by atoms with Gasteiger partial charge >= 0.3 is 86.2 Å². The van der Waals surface area contributed by atoms with Crippen LogP contribution in [0.4, 0.5) is 0 Å². The second-order valence-electron chi connectivity index (χ2n) is 1.99. The Labute approximate surface area is 86.0 Å². The van der Waals surface area contributed by atoms with Crippen LogP contribution in [0.15, 0.2) is 12.3 Å². The van der Waals surface area contributed by atoms with Gasteiger partial charge in [-0.05, 0) is 0 Å². The van der Waals surface area contributed by atoms with Gasteiger partial charge in [-0.25, -0.2) is 0 Å². The van der Waals surface area contributed by atoms with Crippen LogP contribution in [0, 0.1) is 0 Å². The molecule has 1 fully saturated rings. The summed E-state index contributed by atoms with van der Waals surface area (Å²) in [6.07, 6.45) is 0. The van der Waals surface area contributed by atoms with Crippen molar-refractivity contribution in [1.29, 1.82) is 0 Å². The van der Waals surface area contributed by atoms with E-state index in [2.05, 4.69) is 50.6 Å². The van der Waals surface area contributed by atoms with Crippen LogP contribution in [0.2, 0.25) is 0 Å². The Morgan fingerprint density at radius 3 is 2.27 bits per heavy atom. The van der Waals surface area contributed by atoms with Gasteiger partial charge in [-0.2, -0.15) is 0 Å². The number of nitrogens with zero attached hydrogens (tertiary/aromatic N) is 2. The van der Waals surface area contributed by atoms with Crippen molar-refractivity contribution < 1.29 is 34.0 Å². The van der Waals surface area contributed by atoms with Crippen LogP contribution in [0.1, 0.15) is 6.92 Å². The molecule has 60 valence electrons. The van der Waals surface area contributed by atoms with Crippen LogP contribution in [-0.2, 0) is 34.0 Å². The van der Waals surface area contributed by atoms with E-state index in [1.54, 1.807) is 0 Å². The fraction of sp³-hybridized carbons (Fsp3) is 0.429. The zero-order valence-corrected chi connectivity index (χ0v) is 9.50. The van der Waals surface area contributed by atoms with Crippen LogP contribution in [-0.4, -0.2) is 27.7 Å². The van der Waals surface area contributed by atoms with E-state index in [0.717, 1.165) is 16.7 Å². The van der Waals surface area contributed by atoms with Crippen LogP contribution < -0.4 is 0 Å². The maximum atomic E-state index is 4.11. The first kappa shape index (κ1) is 11.4. The average molecular weight is 224 g/mol. The van der Waals surface area contributed by atoms with E-state index >= 15 is 0 Å². The van der Waals surface area contributed by atoms with Gasteiger partial charge in [0, 0.05) is 0 Å². The molecule has 2 nitrogen and oxygen atoms in total. The van der Waals surface area contributed by atoms with Crippen molar-refractivity contribution in [3.8, 4) is 0 Å². The molecule has 0 aromatic heterocycles. The molecule has 1 saturated heterocycles. The van der Waals surface area contributed by atoms with E-state index < -0.39 is 0 Å². The molecule has 0 radical (unpaired) electrons. The molecule has 0 amide bonds. The Morgan fingerprint density at radius 1 is 1.73 bits per heavy atom. The van der Waals surface area contributed by atoms with Crippen molar-refractivity contribution in [1.82, 2.24) is 4.90 Å². The molecule has 0 atom stereocenters. The molecule has 1 aliphatic heterocycles. The van der Waals surface area contributed by atoms with Crippen LogP contribution in [0.3, 0.4) is 0 Å². The van der Waals surface area contributed by atoms with Crippen molar-refractivity contribution in [2.24, 2.45) is 0 Å². The van der Waals surface area contributed by atoms with Gasteiger partial charge in [0.2, 0.25) is 0 Å². The molecule has 1 aliphatic rings. The number of hydrogen-bond acceptors (Lipinski definition) is 1. The van der Waals surface area contributed by atoms with Gasteiger partial charge in [0.1, 0.15) is 0 Å². The third-order valence-electron chi connectivity index (χ3n) is 1.15. The fourth-order valence-corrected chi connectivity index (χ4v) is 0.886. The van der Waals surface area contributed by atoms with Gasteiger partial charge in [0.25, 0.3) is 0 Å². The van der Waals surface area contributed by atoms with Crippen LogP contribution in [0.5, 0.6) is 0 Å². The Bertz CT molecular complexity index is 177. The predicted molar refractivity (Wildman–Crippen MR) is 40.8 cm³/mol. The monoisotopic (exact) mass is 224 g/mol. The van der Waals surface area contributed by atoms with Crippen molar-refractivity contribution in [2.45, 2.75) is 6.92 Å². The Balaban J connectivity index is 0.000000292. The normalized spacial score (nSPS) is 15.8. The number of hydrogen-bond donors (Lipinski definition) is 0. The first-order valence-corrected chi connectivity index (χ1v) is 4.47. The van der Waals surface area contributed by atoms with Crippen molar-refractivity contribution in [3.63, 3.8) is 0 Å². The molecule has 0 N–H and O–H groups in total. The molecule has 0 aromatic rings. The van der Waals surface area contributed by atoms with E-state index in [0.29, 0.717) is 0 Å². The summed E-state index contributed by atoms with van der Waals surface area (Å²) in [5, 5.41) is 4.11. The first-order valence-electron chi connectivity index (χ1n) is 3.08. The van der Waals surface area contributed by atoms with Gasteiger partial charge in [-0.3, -0.25) is 0 Å². The third-order valence-corrected chi connectivity index (χ3v) is 1.78. The summed E-state index contributed by atoms with van der Waals surface area (Å²) in [6, 6.07) is 0. The van der Waals surface area contributed by atoms with Gasteiger partial charge < -0.3 is 0 Å². The molecule has 11 heavy (non-hydrogen) atoms. The number of rotatable bonds is 0. The number of likely N-dealkylation sites (N-methyl/N-ethyl adjacent to an activating group) is 1. The van der Waals surface area contributed by atoms with E-state index in [4.69, 9.17) is 0 Å². The van der Waals surface area contributed by atoms with E-state index in [-0.39, 0.29) is 0 Å². The molecule has 0 aromatic carbocycles. The first-order chi connectivity index (χ1) is 5.13. The molecular formula is C7H10N2V2-2. The quantitative estimate of drug-likeness (QED) is 0.553. The topological polar surface area (TPSA) is 17.3 Å². The zero-order chi connectivity index (χ0) is 8.85. The predicted octanol–water partition coefficient (Wildman–Crippen LogP) is 0.686. The molecule has 1 heterocycles. The fourth-order valence-electron chi connectivity index (χ4n) is 0.520. The molecule has 0 spiro atoms. The van der Waals surface area contributed by atoms with Gasteiger partial charge in [0.05, 0.1) is 0 Å². The summed E-state index contributed by atoms with van der Waals surface area (Å²) >= 11 is 4.62. The Hall–Kier alpha value is 0.409. The van der Waals surface area contributed by atoms with Crippen LogP contribution >= 0.6 is 0 Å². The third kappa shape index (κ3) is 4.09. The SMILES string of the molecule is C=C1[C](=[V])[N-]CN1C.C[C-]=[V]. The maximum absolute atomic E-state index is 4.11. The molecular weight excluding hydrogens is 214 g/mol. The molecule has 0 unspecified atom stereocenters. The van der Waals surface area contributed by atoms with E-state index in [1.807, 2.05) is 18.9 Å². The average Bonchev–Trinajstić information content (AvgIpc) is 2.22.